The summed E-state index contributed by atoms with van der Waals surface area (Å²) in [5.74, 6) is -0.326. The Labute approximate surface area is 139 Å². The Bertz CT molecular complexity index is 946. The number of rotatable bonds is 5. The van der Waals surface area contributed by atoms with Crippen LogP contribution in [0.3, 0.4) is 0 Å². The highest BCUT2D eigenvalue weighted by atomic mass is 16.2. The fourth-order valence-electron chi connectivity index (χ4n) is 2.51. The van der Waals surface area contributed by atoms with Crippen molar-refractivity contribution in [3.63, 3.8) is 0 Å². The van der Waals surface area contributed by atoms with Crippen molar-refractivity contribution in [2.45, 2.75) is 6.54 Å². The zero-order valence-electron chi connectivity index (χ0n) is 13.1. The highest BCUT2D eigenvalue weighted by molar-refractivity contribution is 6.04. The molecule has 120 valence electrons. The molecular weight excluding hydrogens is 302 g/mol. The largest absolute Gasteiger partial charge is 0.347 e. The van der Waals surface area contributed by atoms with Crippen molar-refractivity contribution in [3.05, 3.63) is 88.9 Å². The summed E-state index contributed by atoms with van der Waals surface area (Å²) in [6.07, 6.45) is 1.60. The lowest BCUT2D eigenvalue weighted by atomic mass is 10.1. The molecule has 5 heteroatoms. The molecule has 0 radical (unpaired) electrons. The van der Waals surface area contributed by atoms with Crippen LogP contribution in [-0.2, 0) is 6.54 Å². The number of aromatic nitrogens is 2. The van der Waals surface area contributed by atoms with E-state index in [4.69, 9.17) is 0 Å². The van der Waals surface area contributed by atoms with Crippen molar-refractivity contribution in [1.29, 1.82) is 0 Å². The summed E-state index contributed by atoms with van der Waals surface area (Å²) in [7, 11) is 0. The molecule has 0 aliphatic carbocycles. The highest BCUT2D eigenvalue weighted by Crippen LogP contribution is 2.13. The Morgan fingerprint density at radius 3 is 2.46 bits per heavy atom. The number of carbonyl (C=O) groups excluding carboxylic acids is 1. The number of nitrogens with zero attached hydrogens (tertiary/aromatic N) is 2. The first-order chi connectivity index (χ1) is 11.7. The zero-order valence-corrected chi connectivity index (χ0v) is 13.1. The Kier molecular flexibility index (Phi) is 4.52. The van der Waals surface area contributed by atoms with E-state index in [1.165, 1.54) is 4.68 Å². The van der Waals surface area contributed by atoms with E-state index < -0.39 is 0 Å². The minimum atomic E-state index is -0.326. The van der Waals surface area contributed by atoms with Crippen LogP contribution >= 0.6 is 0 Å². The number of amides is 1. The molecule has 1 amide bonds. The van der Waals surface area contributed by atoms with Gasteiger partial charge >= 0.3 is 0 Å². The van der Waals surface area contributed by atoms with E-state index in [9.17, 15) is 9.59 Å². The highest BCUT2D eigenvalue weighted by Gasteiger charge is 2.16. The SMILES string of the molecule is C=CCNC(=O)c1nn(Cc2ccccc2)c(=O)c2ccccc12. The Hall–Kier alpha value is -3.21. The third-order valence-corrected chi connectivity index (χ3v) is 3.66. The van der Waals surface area contributed by atoms with Gasteiger partial charge in [-0.15, -0.1) is 6.58 Å². The molecule has 24 heavy (non-hydrogen) atoms. The van der Waals surface area contributed by atoms with Crippen molar-refractivity contribution in [1.82, 2.24) is 15.1 Å². The lowest BCUT2D eigenvalue weighted by Crippen LogP contribution is -2.31. The molecule has 0 fully saturated rings. The second-order valence-corrected chi connectivity index (χ2v) is 5.34. The molecule has 1 N–H and O–H groups in total. The van der Waals surface area contributed by atoms with Gasteiger partial charge in [0.15, 0.2) is 5.69 Å². The average Bonchev–Trinajstić information content (AvgIpc) is 2.63. The summed E-state index contributed by atoms with van der Waals surface area (Å²) >= 11 is 0. The molecule has 0 spiro atoms. The molecule has 1 heterocycles. The monoisotopic (exact) mass is 319 g/mol. The van der Waals surface area contributed by atoms with Gasteiger partial charge in [0.1, 0.15) is 0 Å². The van der Waals surface area contributed by atoms with Crippen molar-refractivity contribution in [2.75, 3.05) is 6.54 Å². The van der Waals surface area contributed by atoms with Crippen molar-refractivity contribution in [3.8, 4) is 0 Å². The third-order valence-electron chi connectivity index (χ3n) is 3.66. The second-order valence-electron chi connectivity index (χ2n) is 5.34. The van der Waals surface area contributed by atoms with Crippen LogP contribution in [-0.4, -0.2) is 22.2 Å². The average molecular weight is 319 g/mol. The maximum Gasteiger partial charge on any atom is 0.274 e. The molecule has 3 rings (SSSR count). The van der Waals surface area contributed by atoms with Crippen LogP contribution in [0.4, 0.5) is 0 Å². The van der Waals surface area contributed by atoms with Gasteiger partial charge in [-0.3, -0.25) is 9.59 Å². The van der Waals surface area contributed by atoms with E-state index >= 15 is 0 Å². The van der Waals surface area contributed by atoms with E-state index in [1.807, 2.05) is 30.3 Å². The first kappa shape index (κ1) is 15.7. The molecule has 2 aromatic carbocycles. The van der Waals surface area contributed by atoms with E-state index in [2.05, 4.69) is 17.0 Å². The molecule has 0 bridgehead atoms. The Morgan fingerprint density at radius 2 is 1.75 bits per heavy atom. The number of fused-ring (bicyclic) bond motifs is 1. The second kappa shape index (κ2) is 6.91. The maximum absolute atomic E-state index is 12.7. The Balaban J connectivity index is 2.13. The smallest absolute Gasteiger partial charge is 0.274 e. The summed E-state index contributed by atoms with van der Waals surface area (Å²) in [6, 6.07) is 16.6. The van der Waals surface area contributed by atoms with Gasteiger partial charge in [0.2, 0.25) is 0 Å². The number of hydrogen-bond donors (Lipinski definition) is 1. The molecule has 0 saturated carbocycles. The summed E-state index contributed by atoms with van der Waals surface area (Å²) in [5, 5.41) is 8.05. The van der Waals surface area contributed by atoms with Gasteiger partial charge in [-0.1, -0.05) is 54.6 Å². The van der Waals surface area contributed by atoms with E-state index in [-0.39, 0.29) is 17.2 Å². The van der Waals surface area contributed by atoms with Crippen LogP contribution in [0, 0.1) is 0 Å². The van der Waals surface area contributed by atoms with E-state index in [1.54, 1.807) is 30.3 Å². The summed E-state index contributed by atoms with van der Waals surface area (Å²) in [5.41, 5.74) is 0.970. The molecule has 0 saturated heterocycles. The standard InChI is InChI=1S/C19H17N3O2/c1-2-12-20-18(23)17-15-10-6-7-11-16(15)19(24)22(21-17)13-14-8-4-3-5-9-14/h2-11H,1,12-13H2,(H,20,23). The first-order valence-corrected chi connectivity index (χ1v) is 7.63. The number of hydrogen-bond acceptors (Lipinski definition) is 3. The van der Waals surface area contributed by atoms with Gasteiger partial charge < -0.3 is 5.32 Å². The predicted octanol–water partition coefficient (Wildman–Crippen LogP) is 2.36. The van der Waals surface area contributed by atoms with E-state index in [0.29, 0.717) is 23.9 Å². The first-order valence-electron chi connectivity index (χ1n) is 7.63. The van der Waals surface area contributed by atoms with Crippen molar-refractivity contribution < 1.29 is 4.79 Å². The fraction of sp³-hybridized carbons (Fsp3) is 0.105. The van der Waals surface area contributed by atoms with Gasteiger partial charge in [0, 0.05) is 11.9 Å². The van der Waals surface area contributed by atoms with Crippen LogP contribution in [0.2, 0.25) is 0 Å². The molecule has 0 unspecified atom stereocenters. The van der Waals surface area contributed by atoms with Crippen LogP contribution < -0.4 is 10.9 Å². The Morgan fingerprint density at radius 1 is 1.08 bits per heavy atom. The maximum atomic E-state index is 12.7. The van der Waals surface area contributed by atoms with Crippen LogP contribution in [0.1, 0.15) is 16.1 Å². The van der Waals surface area contributed by atoms with Gasteiger partial charge in [-0.05, 0) is 11.6 Å². The van der Waals surface area contributed by atoms with E-state index in [0.717, 1.165) is 5.56 Å². The summed E-state index contributed by atoms with van der Waals surface area (Å²) in [4.78, 5) is 25.1. The lowest BCUT2D eigenvalue weighted by Gasteiger charge is -2.11. The lowest BCUT2D eigenvalue weighted by molar-refractivity contribution is 0.0952. The topological polar surface area (TPSA) is 64.0 Å². The summed E-state index contributed by atoms with van der Waals surface area (Å²) < 4.78 is 1.33. The molecule has 5 nitrogen and oxygen atoms in total. The molecule has 0 aliphatic rings. The zero-order chi connectivity index (χ0) is 16.9. The van der Waals surface area contributed by atoms with Crippen molar-refractivity contribution >= 4 is 16.7 Å². The van der Waals surface area contributed by atoms with Crippen molar-refractivity contribution in [2.24, 2.45) is 0 Å². The molecule has 3 aromatic rings. The molecule has 0 aliphatic heterocycles. The molecule has 0 atom stereocenters. The fourth-order valence-corrected chi connectivity index (χ4v) is 2.51. The number of benzene rings is 2. The molecule has 1 aromatic heterocycles. The quantitative estimate of drug-likeness (QED) is 0.734. The molecular formula is C19H17N3O2. The predicted molar refractivity (Wildman–Crippen MR) is 94.1 cm³/mol. The number of nitrogens with one attached hydrogen (secondary N) is 1. The van der Waals surface area contributed by atoms with Gasteiger partial charge in [0.25, 0.3) is 11.5 Å². The van der Waals surface area contributed by atoms with Gasteiger partial charge in [-0.25, -0.2) is 4.68 Å². The van der Waals surface area contributed by atoms with Gasteiger partial charge in [0.05, 0.1) is 11.9 Å². The van der Waals surface area contributed by atoms with Crippen LogP contribution in [0.15, 0.2) is 72.0 Å². The van der Waals surface area contributed by atoms with Crippen LogP contribution in [0.25, 0.3) is 10.8 Å². The number of carbonyl (C=O) groups is 1. The minimum Gasteiger partial charge on any atom is -0.347 e. The summed E-state index contributed by atoms with van der Waals surface area (Å²) in [6.45, 7) is 4.24. The normalized spacial score (nSPS) is 10.5. The third kappa shape index (κ3) is 3.10. The van der Waals surface area contributed by atoms with Gasteiger partial charge in [-0.2, -0.15) is 5.10 Å². The van der Waals surface area contributed by atoms with Crippen LogP contribution in [0.5, 0.6) is 0 Å². The minimum absolute atomic E-state index is 0.213.